The van der Waals surface area contributed by atoms with Gasteiger partial charge >= 0.3 is 0 Å². The number of carbonyl (C=O) groups is 1. The monoisotopic (exact) mass is 186 g/mol. The second-order valence-corrected chi connectivity index (χ2v) is 3.73. The molecule has 0 aromatic rings. The number of Topliss-reactive ketones (excluding diaryl/α,β-unsaturated/α-hetero) is 1. The summed E-state index contributed by atoms with van der Waals surface area (Å²) in [4.78, 5) is 13.3. The number of nitrogens with zero attached hydrogens (tertiary/aromatic N) is 1. The van der Waals surface area contributed by atoms with Crippen molar-refractivity contribution in [3.05, 3.63) is 0 Å². The second-order valence-electron chi connectivity index (χ2n) is 3.73. The molecule has 0 heterocycles. The van der Waals surface area contributed by atoms with Crippen LogP contribution in [0, 0.1) is 0 Å². The van der Waals surface area contributed by atoms with E-state index in [1.54, 1.807) is 0 Å². The first-order valence-electron chi connectivity index (χ1n) is 5.01. The van der Waals surface area contributed by atoms with Crippen molar-refractivity contribution < 1.29 is 4.79 Å². The van der Waals surface area contributed by atoms with Gasteiger partial charge in [-0.05, 0) is 33.5 Å². The minimum Gasteiger partial charge on any atom is -0.322 e. The van der Waals surface area contributed by atoms with Gasteiger partial charge in [-0.2, -0.15) is 0 Å². The number of carbonyl (C=O) groups excluding carboxylic acids is 1. The summed E-state index contributed by atoms with van der Waals surface area (Å²) in [6, 6.07) is -0.229. The average molecular weight is 186 g/mol. The number of rotatable bonds is 7. The van der Waals surface area contributed by atoms with Gasteiger partial charge in [-0.25, -0.2) is 0 Å². The van der Waals surface area contributed by atoms with Crippen LogP contribution in [0.3, 0.4) is 0 Å². The Labute approximate surface area is 81.3 Å². The van der Waals surface area contributed by atoms with Crippen LogP contribution in [0.4, 0.5) is 0 Å². The Balaban J connectivity index is 3.37. The van der Waals surface area contributed by atoms with Crippen LogP contribution in [-0.4, -0.2) is 37.4 Å². The van der Waals surface area contributed by atoms with Crippen molar-refractivity contribution in [2.45, 2.75) is 38.6 Å². The molecule has 0 aliphatic carbocycles. The van der Waals surface area contributed by atoms with Crippen LogP contribution in [0.1, 0.15) is 32.6 Å². The normalized spacial score (nSPS) is 13.3. The molecule has 0 aliphatic rings. The maximum Gasteiger partial charge on any atom is 0.149 e. The third-order valence-electron chi connectivity index (χ3n) is 2.13. The Bertz CT molecular complexity index is 146. The van der Waals surface area contributed by atoms with E-state index in [9.17, 15) is 4.79 Å². The molecule has 0 unspecified atom stereocenters. The van der Waals surface area contributed by atoms with Crippen LogP contribution >= 0.6 is 0 Å². The zero-order valence-corrected chi connectivity index (χ0v) is 9.05. The fourth-order valence-corrected chi connectivity index (χ4v) is 1.22. The minimum absolute atomic E-state index is 0.185. The first-order chi connectivity index (χ1) is 6.07. The van der Waals surface area contributed by atoms with Gasteiger partial charge < -0.3 is 10.6 Å². The van der Waals surface area contributed by atoms with Gasteiger partial charge in [0.25, 0.3) is 0 Å². The van der Waals surface area contributed by atoms with Gasteiger partial charge in [0, 0.05) is 6.42 Å². The highest BCUT2D eigenvalue weighted by molar-refractivity contribution is 5.83. The molecule has 0 radical (unpaired) electrons. The molecule has 0 aliphatic heterocycles. The molecule has 0 aromatic heterocycles. The topological polar surface area (TPSA) is 46.3 Å². The van der Waals surface area contributed by atoms with E-state index in [4.69, 9.17) is 5.73 Å². The summed E-state index contributed by atoms with van der Waals surface area (Å²) < 4.78 is 0. The van der Waals surface area contributed by atoms with E-state index in [1.165, 1.54) is 0 Å². The number of hydrogen-bond acceptors (Lipinski definition) is 3. The Morgan fingerprint density at radius 2 is 2.00 bits per heavy atom. The van der Waals surface area contributed by atoms with Crippen molar-refractivity contribution in [1.29, 1.82) is 0 Å². The lowest BCUT2D eigenvalue weighted by Gasteiger charge is -2.11. The van der Waals surface area contributed by atoms with Crippen LogP contribution in [0.25, 0.3) is 0 Å². The van der Waals surface area contributed by atoms with Crippen molar-refractivity contribution in [3.8, 4) is 0 Å². The summed E-state index contributed by atoms with van der Waals surface area (Å²) in [5.41, 5.74) is 5.68. The van der Waals surface area contributed by atoms with E-state index in [2.05, 4.69) is 19.0 Å². The highest BCUT2D eigenvalue weighted by atomic mass is 16.1. The van der Waals surface area contributed by atoms with Crippen molar-refractivity contribution in [3.63, 3.8) is 0 Å². The summed E-state index contributed by atoms with van der Waals surface area (Å²) in [5.74, 6) is 0.185. The first kappa shape index (κ1) is 12.6. The second kappa shape index (κ2) is 7.04. The minimum atomic E-state index is -0.229. The molecule has 0 amide bonds. The van der Waals surface area contributed by atoms with E-state index in [0.717, 1.165) is 25.8 Å². The average Bonchev–Trinajstić information content (AvgIpc) is 2.10. The predicted molar refractivity (Wildman–Crippen MR) is 55.7 cm³/mol. The lowest BCUT2D eigenvalue weighted by molar-refractivity contribution is -0.120. The van der Waals surface area contributed by atoms with Crippen molar-refractivity contribution in [1.82, 2.24) is 4.90 Å². The zero-order chi connectivity index (χ0) is 10.3. The van der Waals surface area contributed by atoms with Gasteiger partial charge in [-0.1, -0.05) is 13.3 Å². The molecule has 2 N–H and O–H groups in total. The highest BCUT2D eigenvalue weighted by Gasteiger charge is 2.09. The molecular formula is C10H22N2O. The molecule has 1 atom stereocenters. The Morgan fingerprint density at radius 1 is 1.38 bits per heavy atom. The van der Waals surface area contributed by atoms with Crippen LogP contribution in [0.5, 0.6) is 0 Å². The smallest absolute Gasteiger partial charge is 0.149 e. The number of hydrogen-bond donors (Lipinski definition) is 1. The Kier molecular flexibility index (Phi) is 6.82. The molecule has 0 fully saturated rings. The number of nitrogens with two attached hydrogens (primary N) is 1. The molecular weight excluding hydrogens is 164 g/mol. The van der Waals surface area contributed by atoms with Crippen LogP contribution in [0.2, 0.25) is 0 Å². The summed E-state index contributed by atoms with van der Waals surface area (Å²) in [5, 5.41) is 0. The Hall–Kier alpha value is -0.410. The van der Waals surface area contributed by atoms with E-state index in [1.807, 2.05) is 6.92 Å². The van der Waals surface area contributed by atoms with Crippen LogP contribution < -0.4 is 5.73 Å². The number of ketones is 1. The largest absolute Gasteiger partial charge is 0.322 e. The van der Waals surface area contributed by atoms with Gasteiger partial charge in [0.1, 0.15) is 5.78 Å². The van der Waals surface area contributed by atoms with Gasteiger partial charge in [-0.15, -0.1) is 0 Å². The fourth-order valence-electron chi connectivity index (χ4n) is 1.22. The van der Waals surface area contributed by atoms with E-state index in [-0.39, 0.29) is 11.8 Å². The molecule has 3 nitrogen and oxygen atoms in total. The molecule has 0 saturated carbocycles. The van der Waals surface area contributed by atoms with E-state index >= 15 is 0 Å². The summed E-state index contributed by atoms with van der Waals surface area (Å²) >= 11 is 0. The molecule has 3 heteroatoms. The fraction of sp³-hybridized carbons (Fsp3) is 0.900. The standard InChI is InChI=1S/C10H22N2O/c1-4-10(13)9(11)7-5-6-8-12(2)3/h9H,4-8,11H2,1-3H3/t9-/m0/s1. The lowest BCUT2D eigenvalue weighted by atomic mass is 10.0. The van der Waals surface area contributed by atoms with E-state index < -0.39 is 0 Å². The third kappa shape index (κ3) is 6.72. The third-order valence-corrected chi connectivity index (χ3v) is 2.13. The summed E-state index contributed by atoms with van der Waals surface area (Å²) in [7, 11) is 4.11. The number of unbranched alkanes of at least 4 members (excludes halogenated alkanes) is 1. The SMILES string of the molecule is CCC(=O)[C@@H](N)CCCCN(C)C. The van der Waals surface area contributed by atoms with Gasteiger partial charge in [0.15, 0.2) is 0 Å². The van der Waals surface area contributed by atoms with Gasteiger partial charge in [0.2, 0.25) is 0 Å². The molecule has 0 aromatic carbocycles. The van der Waals surface area contributed by atoms with Crippen LogP contribution in [0.15, 0.2) is 0 Å². The van der Waals surface area contributed by atoms with Crippen molar-refractivity contribution >= 4 is 5.78 Å². The molecule has 0 rings (SSSR count). The van der Waals surface area contributed by atoms with Gasteiger partial charge in [0.05, 0.1) is 6.04 Å². The quantitative estimate of drug-likeness (QED) is 0.604. The van der Waals surface area contributed by atoms with Crippen molar-refractivity contribution in [2.75, 3.05) is 20.6 Å². The molecule has 0 saturated heterocycles. The summed E-state index contributed by atoms with van der Waals surface area (Å²) in [6.07, 6.45) is 3.57. The maximum atomic E-state index is 11.1. The first-order valence-corrected chi connectivity index (χ1v) is 5.01. The molecule has 0 bridgehead atoms. The highest BCUT2D eigenvalue weighted by Crippen LogP contribution is 2.02. The van der Waals surface area contributed by atoms with Crippen molar-refractivity contribution in [2.24, 2.45) is 5.73 Å². The molecule has 78 valence electrons. The van der Waals surface area contributed by atoms with Gasteiger partial charge in [-0.3, -0.25) is 4.79 Å². The van der Waals surface area contributed by atoms with E-state index in [0.29, 0.717) is 6.42 Å². The predicted octanol–water partition coefficient (Wildman–Crippen LogP) is 1.02. The zero-order valence-electron chi connectivity index (χ0n) is 9.05. The molecule has 13 heavy (non-hydrogen) atoms. The van der Waals surface area contributed by atoms with Crippen LogP contribution in [-0.2, 0) is 4.79 Å². The Morgan fingerprint density at radius 3 is 2.46 bits per heavy atom. The maximum absolute atomic E-state index is 11.1. The summed E-state index contributed by atoms with van der Waals surface area (Å²) in [6.45, 7) is 2.94. The molecule has 0 spiro atoms. The lowest BCUT2D eigenvalue weighted by Crippen LogP contribution is -2.29.